The summed E-state index contributed by atoms with van der Waals surface area (Å²) in [5.74, 6) is -1.41. The van der Waals surface area contributed by atoms with Crippen molar-refractivity contribution in [1.29, 1.82) is 5.26 Å². The van der Waals surface area contributed by atoms with Crippen molar-refractivity contribution in [2.45, 2.75) is 39.2 Å². The van der Waals surface area contributed by atoms with Crippen LogP contribution in [0.25, 0.3) is 0 Å². The van der Waals surface area contributed by atoms with Gasteiger partial charge in [-0.3, -0.25) is 4.90 Å². The van der Waals surface area contributed by atoms with E-state index in [0.29, 0.717) is 13.1 Å². The summed E-state index contributed by atoms with van der Waals surface area (Å²) in [7, 11) is 0. The predicted molar refractivity (Wildman–Crippen MR) is 157 cm³/mol. The zero-order chi connectivity index (χ0) is 31.7. The van der Waals surface area contributed by atoms with Gasteiger partial charge in [-0.25, -0.2) is 14.6 Å². The van der Waals surface area contributed by atoms with Crippen LogP contribution in [0.2, 0.25) is 0 Å². The zero-order valence-electron chi connectivity index (χ0n) is 24.6. The standard InChI is InChI=1S/C32H34F3N5O4/c1-3-43-30(41)27-18-26(19-36)29(37-28(27)32(33,34)35)38-14-16-39(17-15-38)31(42)44-22-23(2)40(20-24-10-6-4-7-11-24)21-25-12-8-5-9-13-25/h4-13,18,23H,3,14-17,20-22H2,1-2H3. The van der Waals surface area contributed by atoms with E-state index in [1.54, 1.807) is 0 Å². The van der Waals surface area contributed by atoms with E-state index in [1.165, 1.54) is 16.7 Å². The Balaban J connectivity index is 1.39. The number of benzene rings is 2. The molecule has 1 unspecified atom stereocenters. The van der Waals surface area contributed by atoms with Crippen molar-refractivity contribution in [1.82, 2.24) is 14.8 Å². The van der Waals surface area contributed by atoms with Crippen LogP contribution in [0.1, 0.15) is 46.6 Å². The molecule has 232 valence electrons. The number of carbonyl (C=O) groups is 2. The second-order valence-electron chi connectivity index (χ2n) is 10.4. The number of hydrogen-bond acceptors (Lipinski definition) is 8. The van der Waals surface area contributed by atoms with Crippen molar-refractivity contribution in [3.63, 3.8) is 0 Å². The van der Waals surface area contributed by atoms with Gasteiger partial charge in [-0.1, -0.05) is 60.7 Å². The van der Waals surface area contributed by atoms with Gasteiger partial charge in [-0.15, -0.1) is 0 Å². The lowest BCUT2D eigenvalue weighted by Gasteiger charge is -2.36. The number of hydrogen-bond donors (Lipinski definition) is 0. The molecule has 1 fully saturated rings. The van der Waals surface area contributed by atoms with E-state index in [2.05, 4.69) is 9.88 Å². The van der Waals surface area contributed by atoms with Gasteiger partial charge < -0.3 is 19.3 Å². The SMILES string of the molecule is CCOC(=O)c1cc(C#N)c(N2CCN(C(=O)OCC(C)N(Cc3ccccc3)Cc3ccccc3)CC2)nc1C(F)(F)F. The van der Waals surface area contributed by atoms with E-state index in [-0.39, 0.29) is 56.8 Å². The summed E-state index contributed by atoms with van der Waals surface area (Å²) in [4.78, 5) is 34.0. The van der Waals surface area contributed by atoms with E-state index < -0.39 is 29.5 Å². The number of ether oxygens (including phenoxy) is 2. The molecule has 1 atom stereocenters. The van der Waals surface area contributed by atoms with Crippen molar-refractivity contribution in [2.24, 2.45) is 0 Å². The van der Waals surface area contributed by atoms with Crippen LogP contribution in [0.5, 0.6) is 0 Å². The lowest BCUT2D eigenvalue weighted by molar-refractivity contribution is -0.141. The molecule has 0 spiro atoms. The monoisotopic (exact) mass is 609 g/mol. The molecule has 1 aliphatic heterocycles. The van der Waals surface area contributed by atoms with E-state index in [9.17, 15) is 28.0 Å². The summed E-state index contributed by atoms with van der Waals surface area (Å²) >= 11 is 0. The maximum absolute atomic E-state index is 13.8. The van der Waals surface area contributed by atoms with Gasteiger partial charge in [0, 0.05) is 45.3 Å². The second-order valence-corrected chi connectivity index (χ2v) is 10.4. The molecule has 1 amide bonds. The molecule has 2 heterocycles. The molecule has 44 heavy (non-hydrogen) atoms. The van der Waals surface area contributed by atoms with Gasteiger partial charge in [0.15, 0.2) is 5.69 Å². The van der Waals surface area contributed by atoms with E-state index >= 15 is 0 Å². The molecular weight excluding hydrogens is 575 g/mol. The molecule has 3 aromatic rings. The van der Waals surface area contributed by atoms with Crippen molar-refractivity contribution in [3.8, 4) is 6.07 Å². The molecule has 0 aliphatic carbocycles. The molecule has 0 radical (unpaired) electrons. The van der Waals surface area contributed by atoms with Crippen molar-refractivity contribution >= 4 is 17.9 Å². The summed E-state index contributed by atoms with van der Waals surface area (Å²) in [6, 6.07) is 22.6. The third-order valence-electron chi connectivity index (χ3n) is 7.25. The first kappa shape index (κ1) is 32.3. The molecule has 0 saturated carbocycles. The number of rotatable bonds is 10. The minimum Gasteiger partial charge on any atom is -0.462 e. The first-order valence-corrected chi connectivity index (χ1v) is 14.3. The Bertz CT molecular complexity index is 1410. The lowest BCUT2D eigenvalue weighted by atomic mass is 10.1. The Morgan fingerprint density at radius 3 is 2.05 bits per heavy atom. The summed E-state index contributed by atoms with van der Waals surface area (Å²) in [5, 5.41) is 9.63. The number of alkyl halides is 3. The van der Waals surface area contributed by atoms with Crippen LogP contribution in [-0.4, -0.2) is 72.3 Å². The molecule has 12 heteroatoms. The summed E-state index contributed by atoms with van der Waals surface area (Å²) in [6.07, 6.45) is -5.47. The first-order valence-electron chi connectivity index (χ1n) is 14.3. The average Bonchev–Trinajstić information content (AvgIpc) is 3.03. The fourth-order valence-electron chi connectivity index (χ4n) is 4.90. The Kier molecular flexibility index (Phi) is 10.8. The molecule has 0 N–H and O–H groups in total. The lowest BCUT2D eigenvalue weighted by Crippen LogP contribution is -2.50. The number of anilines is 1. The maximum atomic E-state index is 13.8. The number of aromatic nitrogens is 1. The van der Waals surface area contributed by atoms with Crippen LogP contribution in [0.15, 0.2) is 66.7 Å². The van der Waals surface area contributed by atoms with E-state index in [0.717, 1.165) is 17.2 Å². The van der Waals surface area contributed by atoms with Gasteiger partial charge >= 0.3 is 18.2 Å². The van der Waals surface area contributed by atoms with Gasteiger partial charge in [0.05, 0.1) is 17.7 Å². The number of carbonyl (C=O) groups excluding carboxylic acids is 2. The molecular formula is C32H34F3N5O4. The van der Waals surface area contributed by atoms with Gasteiger partial charge in [-0.05, 0) is 31.0 Å². The van der Waals surface area contributed by atoms with Gasteiger partial charge in [0.25, 0.3) is 0 Å². The third kappa shape index (κ3) is 8.26. The Morgan fingerprint density at radius 1 is 0.977 bits per heavy atom. The minimum atomic E-state index is -4.94. The fourth-order valence-corrected chi connectivity index (χ4v) is 4.90. The largest absolute Gasteiger partial charge is 0.462 e. The highest BCUT2D eigenvalue weighted by molar-refractivity contribution is 5.92. The number of esters is 1. The molecule has 1 aromatic heterocycles. The van der Waals surface area contributed by atoms with E-state index in [1.807, 2.05) is 73.7 Å². The van der Waals surface area contributed by atoms with Gasteiger partial charge in [-0.2, -0.15) is 18.4 Å². The van der Waals surface area contributed by atoms with Crippen molar-refractivity contribution in [3.05, 3.63) is 94.7 Å². The van der Waals surface area contributed by atoms with Crippen LogP contribution in [0, 0.1) is 11.3 Å². The molecule has 1 saturated heterocycles. The molecule has 9 nitrogen and oxygen atoms in total. The number of amides is 1. The summed E-state index contributed by atoms with van der Waals surface area (Å²) in [6.45, 7) is 5.34. The van der Waals surface area contributed by atoms with Crippen LogP contribution in [0.4, 0.5) is 23.8 Å². The topological polar surface area (TPSA) is 99.0 Å². The smallest absolute Gasteiger partial charge is 0.434 e. The van der Waals surface area contributed by atoms with Gasteiger partial charge in [0.1, 0.15) is 18.5 Å². The molecule has 4 rings (SSSR count). The highest BCUT2D eigenvalue weighted by Crippen LogP contribution is 2.34. The second kappa shape index (κ2) is 14.7. The highest BCUT2D eigenvalue weighted by Gasteiger charge is 2.40. The Morgan fingerprint density at radius 2 is 1.55 bits per heavy atom. The van der Waals surface area contributed by atoms with Gasteiger partial charge in [0.2, 0.25) is 0 Å². The fraction of sp³-hybridized carbons (Fsp3) is 0.375. The van der Waals surface area contributed by atoms with Crippen LogP contribution in [-0.2, 0) is 28.7 Å². The zero-order valence-corrected chi connectivity index (χ0v) is 24.6. The normalized spacial score (nSPS) is 14.2. The number of piperazine rings is 1. The molecule has 2 aromatic carbocycles. The van der Waals surface area contributed by atoms with Crippen LogP contribution >= 0.6 is 0 Å². The van der Waals surface area contributed by atoms with Crippen LogP contribution < -0.4 is 4.90 Å². The summed E-state index contributed by atoms with van der Waals surface area (Å²) < 4.78 is 51.8. The number of nitriles is 1. The highest BCUT2D eigenvalue weighted by atomic mass is 19.4. The van der Waals surface area contributed by atoms with Crippen LogP contribution in [0.3, 0.4) is 0 Å². The summed E-state index contributed by atoms with van der Waals surface area (Å²) in [5.41, 5.74) is -0.164. The molecule has 0 bridgehead atoms. The number of nitrogens with zero attached hydrogens (tertiary/aromatic N) is 5. The minimum absolute atomic E-state index is 0.109. The quantitative estimate of drug-likeness (QED) is 0.278. The number of halogens is 3. The first-order chi connectivity index (χ1) is 21.1. The van der Waals surface area contributed by atoms with Crippen molar-refractivity contribution < 1.29 is 32.2 Å². The molecule has 1 aliphatic rings. The number of pyridine rings is 1. The van der Waals surface area contributed by atoms with E-state index in [4.69, 9.17) is 9.47 Å². The predicted octanol–water partition coefficient (Wildman–Crippen LogP) is 5.50. The Hall–Kier alpha value is -4.63. The maximum Gasteiger partial charge on any atom is 0.434 e. The third-order valence-corrected chi connectivity index (χ3v) is 7.25. The average molecular weight is 610 g/mol. The Labute approximate surface area is 254 Å². The van der Waals surface area contributed by atoms with Crippen molar-refractivity contribution in [2.75, 3.05) is 44.3 Å².